The van der Waals surface area contributed by atoms with Crippen LogP contribution in [0, 0.1) is 0 Å². The van der Waals surface area contributed by atoms with Gasteiger partial charge in [0.1, 0.15) is 22.3 Å². The van der Waals surface area contributed by atoms with Crippen molar-refractivity contribution in [3.8, 4) is 44.5 Å². The molecule has 0 spiro atoms. The van der Waals surface area contributed by atoms with Gasteiger partial charge < -0.3 is 8.83 Å². The minimum atomic E-state index is 0.872. The van der Waals surface area contributed by atoms with Crippen LogP contribution in [0.5, 0.6) is 0 Å². The van der Waals surface area contributed by atoms with Crippen LogP contribution in [0.2, 0.25) is 0 Å². The van der Waals surface area contributed by atoms with E-state index in [-0.39, 0.29) is 0 Å². The maximum absolute atomic E-state index is 7.11. The number of benzene rings is 11. The van der Waals surface area contributed by atoms with Gasteiger partial charge in [-0.15, -0.1) is 0 Å². The van der Waals surface area contributed by atoms with Crippen LogP contribution < -0.4 is 0 Å². The Hall–Kier alpha value is -7.94. The Morgan fingerprint density at radius 1 is 0.217 bits per heavy atom. The van der Waals surface area contributed by atoms with Gasteiger partial charge in [0.15, 0.2) is 0 Å². The number of furan rings is 2. The minimum Gasteiger partial charge on any atom is -0.455 e. The van der Waals surface area contributed by atoms with Gasteiger partial charge in [-0.2, -0.15) is 0 Å². The molecule has 2 heteroatoms. The molecule has 0 saturated carbocycles. The Kier molecular flexibility index (Phi) is 7.05. The quantitative estimate of drug-likeness (QED) is 0.167. The summed E-state index contributed by atoms with van der Waals surface area (Å²) < 4.78 is 13.7. The molecular weight excluding hydrogens is 729 g/mol. The van der Waals surface area contributed by atoms with Crippen molar-refractivity contribution in [1.82, 2.24) is 0 Å². The first-order chi connectivity index (χ1) is 29.8. The van der Waals surface area contributed by atoms with Crippen LogP contribution in [-0.2, 0) is 0 Å². The molecule has 2 heterocycles. The predicted molar refractivity (Wildman–Crippen MR) is 253 cm³/mol. The molecule has 0 unspecified atom stereocenters. The SMILES string of the molecule is c1ccc(-c2c3ccccc3c(-c3ccc4c(c3)oc3c(-c5c6ccccc6c(-c6cccc7c6oc6ccccc67)c6ccccc56)cccc34)c3ccccc23)cc1. The number of hydrogen-bond acceptors (Lipinski definition) is 2. The highest BCUT2D eigenvalue weighted by molar-refractivity contribution is 6.27. The number of hydrogen-bond donors (Lipinski definition) is 0. The third kappa shape index (κ3) is 4.70. The lowest BCUT2D eigenvalue weighted by Gasteiger charge is -2.18. The highest BCUT2D eigenvalue weighted by atomic mass is 16.3. The lowest BCUT2D eigenvalue weighted by molar-refractivity contribution is 0.669. The van der Waals surface area contributed by atoms with Crippen LogP contribution >= 0.6 is 0 Å². The Bertz CT molecular complexity index is 3770. The summed E-state index contributed by atoms with van der Waals surface area (Å²) in [5.74, 6) is 0. The van der Waals surface area contributed by atoms with Crippen molar-refractivity contribution in [3.05, 3.63) is 206 Å². The van der Waals surface area contributed by atoms with E-state index in [0.717, 1.165) is 60.6 Å². The maximum Gasteiger partial charge on any atom is 0.143 e. The highest BCUT2D eigenvalue weighted by Crippen LogP contribution is 2.49. The molecule has 60 heavy (non-hydrogen) atoms. The summed E-state index contributed by atoms with van der Waals surface area (Å²) in [7, 11) is 0. The van der Waals surface area contributed by atoms with E-state index in [9.17, 15) is 0 Å². The molecule has 0 bridgehead atoms. The van der Waals surface area contributed by atoms with Crippen LogP contribution in [0.3, 0.4) is 0 Å². The summed E-state index contributed by atoms with van der Waals surface area (Å²) in [6.07, 6.45) is 0. The lowest BCUT2D eigenvalue weighted by Crippen LogP contribution is -1.91. The van der Waals surface area contributed by atoms with Gasteiger partial charge in [0.2, 0.25) is 0 Å². The van der Waals surface area contributed by atoms with Gasteiger partial charge in [-0.1, -0.05) is 188 Å². The molecule has 0 saturated heterocycles. The van der Waals surface area contributed by atoms with Crippen LogP contribution in [0.4, 0.5) is 0 Å². The van der Waals surface area contributed by atoms with Gasteiger partial charge in [0.05, 0.1) is 0 Å². The first-order valence-corrected chi connectivity index (χ1v) is 20.6. The molecule has 2 nitrogen and oxygen atoms in total. The summed E-state index contributed by atoms with van der Waals surface area (Å²) in [5, 5.41) is 14.1. The highest BCUT2D eigenvalue weighted by Gasteiger charge is 2.23. The van der Waals surface area contributed by atoms with Crippen LogP contribution in [-0.4, -0.2) is 0 Å². The summed E-state index contributed by atoms with van der Waals surface area (Å²) in [6.45, 7) is 0. The number of fused-ring (bicyclic) bond motifs is 10. The molecule has 13 rings (SSSR count). The lowest BCUT2D eigenvalue weighted by atomic mass is 9.85. The molecule has 278 valence electrons. The molecule has 11 aromatic carbocycles. The summed E-state index contributed by atoms with van der Waals surface area (Å²) in [6, 6.07) is 74.3. The summed E-state index contributed by atoms with van der Waals surface area (Å²) >= 11 is 0. The van der Waals surface area contributed by atoms with E-state index in [4.69, 9.17) is 8.83 Å². The van der Waals surface area contributed by atoms with E-state index >= 15 is 0 Å². The van der Waals surface area contributed by atoms with Crippen molar-refractivity contribution < 1.29 is 8.83 Å². The molecule has 13 aromatic rings. The van der Waals surface area contributed by atoms with Crippen LogP contribution in [0.25, 0.3) is 131 Å². The topological polar surface area (TPSA) is 26.3 Å². The molecule has 0 aliphatic heterocycles. The van der Waals surface area contributed by atoms with E-state index in [1.165, 1.54) is 70.9 Å². The van der Waals surface area contributed by atoms with Gasteiger partial charge in [-0.25, -0.2) is 0 Å². The molecule has 0 aliphatic rings. The molecular formula is C58H34O2. The zero-order valence-electron chi connectivity index (χ0n) is 32.4. The second-order valence-electron chi connectivity index (χ2n) is 15.8. The largest absolute Gasteiger partial charge is 0.455 e. The molecule has 0 N–H and O–H groups in total. The third-order valence-corrected chi connectivity index (χ3v) is 12.7. The van der Waals surface area contributed by atoms with Crippen molar-refractivity contribution in [2.75, 3.05) is 0 Å². The van der Waals surface area contributed by atoms with E-state index < -0.39 is 0 Å². The van der Waals surface area contributed by atoms with Gasteiger partial charge in [-0.05, 0) is 83.5 Å². The zero-order valence-corrected chi connectivity index (χ0v) is 32.4. The van der Waals surface area contributed by atoms with Crippen LogP contribution in [0.15, 0.2) is 215 Å². The zero-order chi connectivity index (χ0) is 39.3. The Balaban J connectivity index is 1.06. The summed E-state index contributed by atoms with van der Waals surface area (Å²) in [4.78, 5) is 0. The molecule has 0 radical (unpaired) electrons. The number of rotatable bonds is 4. The molecule has 2 aromatic heterocycles. The molecule has 0 atom stereocenters. The second kappa shape index (κ2) is 12.8. The van der Waals surface area contributed by atoms with Crippen molar-refractivity contribution in [2.24, 2.45) is 0 Å². The van der Waals surface area contributed by atoms with E-state index in [1.54, 1.807) is 0 Å². The number of para-hydroxylation sites is 3. The predicted octanol–water partition coefficient (Wildman–Crippen LogP) is 16.8. The standard InChI is InChI=1S/C58H34O2/c1-2-16-35(17-3-1)53-39-19-4-6-21-41(39)54(42-22-7-5-20-40(42)53)36-32-33-38-48-28-15-30-50(58(48)60-52(38)34-36)56-45-25-10-8-23-43(45)55(44-24-9-11-26-46(44)56)49-29-14-27-47-37-18-12-13-31-51(37)59-57(47)49/h1-34H. The van der Waals surface area contributed by atoms with E-state index in [1.807, 2.05) is 6.07 Å². The molecule has 0 amide bonds. The average molecular weight is 763 g/mol. The minimum absolute atomic E-state index is 0.872. The smallest absolute Gasteiger partial charge is 0.143 e. The van der Waals surface area contributed by atoms with Crippen LogP contribution in [0.1, 0.15) is 0 Å². The first-order valence-electron chi connectivity index (χ1n) is 20.6. The normalized spacial score (nSPS) is 12.0. The van der Waals surface area contributed by atoms with Crippen molar-refractivity contribution in [2.45, 2.75) is 0 Å². The van der Waals surface area contributed by atoms with Gasteiger partial charge in [0.25, 0.3) is 0 Å². The van der Waals surface area contributed by atoms with E-state index in [2.05, 4.69) is 200 Å². The fourth-order valence-corrected chi connectivity index (χ4v) is 10.2. The van der Waals surface area contributed by atoms with Gasteiger partial charge in [0, 0.05) is 43.8 Å². The average Bonchev–Trinajstić information content (AvgIpc) is 3.89. The summed E-state index contributed by atoms with van der Waals surface area (Å²) in [5.41, 5.74) is 12.9. The van der Waals surface area contributed by atoms with E-state index in [0.29, 0.717) is 0 Å². The Morgan fingerprint density at radius 3 is 1.08 bits per heavy atom. The van der Waals surface area contributed by atoms with Gasteiger partial charge in [-0.3, -0.25) is 0 Å². The first kappa shape index (κ1) is 33.1. The van der Waals surface area contributed by atoms with Crippen molar-refractivity contribution in [1.29, 1.82) is 0 Å². The Labute approximate surface area is 345 Å². The fraction of sp³-hybridized carbons (Fsp3) is 0. The maximum atomic E-state index is 7.11. The van der Waals surface area contributed by atoms with Crippen molar-refractivity contribution in [3.63, 3.8) is 0 Å². The monoisotopic (exact) mass is 762 g/mol. The molecule has 0 fully saturated rings. The van der Waals surface area contributed by atoms with Gasteiger partial charge >= 0.3 is 0 Å². The van der Waals surface area contributed by atoms with Crippen molar-refractivity contribution >= 4 is 87.0 Å². The Morgan fingerprint density at radius 2 is 0.583 bits per heavy atom. The third-order valence-electron chi connectivity index (χ3n) is 12.7. The molecule has 0 aliphatic carbocycles. The second-order valence-corrected chi connectivity index (χ2v) is 15.8. The fourth-order valence-electron chi connectivity index (χ4n) is 10.2.